The van der Waals surface area contributed by atoms with Gasteiger partial charge in [-0.05, 0) is 49.1 Å². The highest BCUT2D eigenvalue weighted by atomic mass is 35.5. The summed E-state index contributed by atoms with van der Waals surface area (Å²) in [6, 6.07) is 17.0. The Balaban J connectivity index is 1.43. The molecule has 136 valence electrons. The summed E-state index contributed by atoms with van der Waals surface area (Å²) in [6.07, 6.45) is 2.77. The monoisotopic (exact) mass is 370 g/mol. The van der Waals surface area contributed by atoms with Crippen LogP contribution in [0.2, 0.25) is 5.02 Å². The summed E-state index contributed by atoms with van der Waals surface area (Å²) in [5, 5.41) is 3.77. The Bertz CT molecular complexity index is 756. The van der Waals surface area contributed by atoms with Crippen LogP contribution in [0.3, 0.4) is 0 Å². The Kier molecular flexibility index (Phi) is 6.29. The maximum atomic E-state index is 12.4. The molecule has 0 spiro atoms. The lowest BCUT2D eigenvalue weighted by atomic mass is 10.0. The number of piperidine rings is 1. The van der Waals surface area contributed by atoms with Crippen LogP contribution in [0.15, 0.2) is 54.6 Å². The average molecular weight is 371 g/mol. The lowest BCUT2D eigenvalue weighted by molar-refractivity contribution is -0.132. The van der Waals surface area contributed by atoms with Crippen molar-refractivity contribution in [2.45, 2.75) is 31.7 Å². The molecule has 1 aliphatic heterocycles. The lowest BCUT2D eigenvalue weighted by Gasteiger charge is -2.32. The topological polar surface area (TPSA) is 49.4 Å². The number of likely N-dealkylation sites (tertiary alicyclic amines) is 1. The third-order valence-corrected chi connectivity index (χ3v) is 4.97. The molecule has 0 saturated carbocycles. The molecule has 1 N–H and O–H groups in total. The second-order valence-corrected chi connectivity index (χ2v) is 7.06. The quantitative estimate of drug-likeness (QED) is 0.872. The van der Waals surface area contributed by atoms with E-state index in [9.17, 15) is 9.59 Å². The highest BCUT2D eigenvalue weighted by Gasteiger charge is 2.23. The van der Waals surface area contributed by atoms with Crippen LogP contribution in [-0.2, 0) is 11.2 Å². The van der Waals surface area contributed by atoms with E-state index in [0.717, 1.165) is 18.4 Å². The SMILES string of the molecule is O=C(NC1CCN(C(=O)CCc2cccc(Cl)c2)CC1)c1ccccc1. The highest BCUT2D eigenvalue weighted by molar-refractivity contribution is 6.30. The number of hydrogen-bond donors (Lipinski definition) is 1. The van der Waals surface area contributed by atoms with Gasteiger partial charge in [-0.2, -0.15) is 0 Å². The summed E-state index contributed by atoms with van der Waals surface area (Å²) in [4.78, 5) is 26.5. The molecule has 2 amide bonds. The number of halogens is 1. The van der Waals surface area contributed by atoms with Gasteiger partial charge in [-0.3, -0.25) is 9.59 Å². The van der Waals surface area contributed by atoms with Gasteiger partial charge in [0.2, 0.25) is 5.91 Å². The van der Waals surface area contributed by atoms with E-state index in [-0.39, 0.29) is 17.9 Å². The molecule has 4 nitrogen and oxygen atoms in total. The minimum atomic E-state index is -0.0451. The predicted octanol–water partition coefficient (Wildman–Crippen LogP) is 3.69. The van der Waals surface area contributed by atoms with Gasteiger partial charge >= 0.3 is 0 Å². The Morgan fingerprint density at radius 2 is 1.77 bits per heavy atom. The second-order valence-electron chi connectivity index (χ2n) is 6.62. The predicted molar refractivity (Wildman–Crippen MR) is 103 cm³/mol. The van der Waals surface area contributed by atoms with Gasteiger partial charge in [0.15, 0.2) is 0 Å². The molecule has 0 aromatic heterocycles. The van der Waals surface area contributed by atoms with E-state index in [1.807, 2.05) is 59.5 Å². The number of aryl methyl sites for hydroxylation is 1. The molecule has 1 fully saturated rings. The van der Waals surface area contributed by atoms with Gasteiger partial charge in [-0.15, -0.1) is 0 Å². The van der Waals surface area contributed by atoms with Crippen molar-refractivity contribution in [1.29, 1.82) is 0 Å². The van der Waals surface area contributed by atoms with E-state index in [1.165, 1.54) is 0 Å². The van der Waals surface area contributed by atoms with Crippen LogP contribution in [0.25, 0.3) is 0 Å². The van der Waals surface area contributed by atoms with Crippen molar-refractivity contribution in [2.75, 3.05) is 13.1 Å². The number of carbonyl (C=O) groups is 2. The fourth-order valence-electron chi connectivity index (χ4n) is 3.23. The Morgan fingerprint density at radius 3 is 2.46 bits per heavy atom. The van der Waals surface area contributed by atoms with E-state index in [0.29, 0.717) is 36.5 Å². The van der Waals surface area contributed by atoms with E-state index in [2.05, 4.69) is 5.32 Å². The van der Waals surface area contributed by atoms with Crippen molar-refractivity contribution >= 4 is 23.4 Å². The van der Waals surface area contributed by atoms with E-state index < -0.39 is 0 Å². The smallest absolute Gasteiger partial charge is 0.251 e. The fourth-order valence-corrected chi connectivity index (χ4v) is 3.45. The maximum absolute atomic E-state index is 12.4. The van der Waals surface area contributed by atoms with Crippen LogP contribution in [0.4, 0.5) is 0 Å². The zero-order chi connectivity index (χ0) is 18.4. The van der Waals surface area contributed by atoms with Crippen molar-refractivity contribution in [1.82, 2.24) is 10.2 Å². The van der Waals surface area contributed by atoms with Crippen molar-refractivity contribution in [3.05, 3.63) is 70.7 Å². The molecular weight excluding hydrogens is 348 g/mol. The van der Waals surface area contributed by atoms with E-state index in [1.54, 1.807) is 0 Å². The molecule has 2 aromatic carbocycles. The first-order valence-corrected chi connectivity index (χ1v) is 9.38. The first-order chi connectivity index (χ1) is 12.6. The first-order valence-electron chi connectivity index (χ1n) is 9.00. The van der Waals surface area contributed by atoms with Crippen molar-refractivity contribution in [2.24, 2.45) is 0 Å². The van der Waals surface area contributed by atoms with Gasteiger partial charge in [-0.1, -0.05) is 41.9 Å². The minimum Gasteiger partial charge on any atom is -0.349 e. The zero-order valence-electron chi connectivity index (χ0n) is 14.7. The summed E-state index contributed by atoms with van der Waals surface area (Å²) < 4.78 is 0. The molecular formula is C21H23ClN2O2. The molecule has 1 saturated heterocycles. The third-order valence-electron chi connectivity index (χ3n) is 4.74. The normalized spacial score (nSPS) is 14.9. The summed E-state index contributed by atoms with van der Waals surface area (Å²) in [6.45, 7) is 1.38. The summed E-state index contributed by atoms with van der Waals surface area (Å²) in [7, 11) is 0. The van der Waals surface area contributed by atoms with Crippen LogP contribution in [0.5, 0.6) is 0 Å². The summed E-state index contributed by atoms with van der Waals surface area (Å²) in [5.74, 6) is 0.120. The molecule has 0 atom stereocenters. The van der Waals surface area contributed by atoms with E-state index in [4.69, 9.17) is 11.6 Å². The molecule has 0 aliphatic carbocycles. The first kappa shape index (κ1) is 18.5. The number of benzene rings is 2. The molecule has 2 aromatic rings. The van der Waals surface area contributed by atoms with E-state index >= 15 is 0 Å². The third kappa shape index (κ3) is 5.09. The van der Waals surface area contributed by atoms with Crippen LogP contribution >= 0.6 is 11.6 Å². The maximum Gasteiger partial charge on any atom is 0.251 e. The second kappa shape index (κ2) is 8.86. The number of rotatable bonds is 5. The Hall–Kier alpha value is -2.33. The zero-order valence-corrected chi connectivity index (χ0v) is 15.4. The van der Waals surface area contributed by atoms with Crippen LogP contribution < -0.4 is 5.32 Å². The summed E-state index contributed by atoms with van der Waals surface area (Å²) >= 11 is 5.98. The molecule has 26 heavy (non-hydrogen) atoms. The van der Waals surface area contributed by atoms with Gasteiger partial charge in [0, 0.05) is 36.1 Å². The fraction of sp³-hybridized carbons (Fsp3) is 0.333. The molecule has 0 bridgehead atoms. The van der Waals surface area contributed by atoms with Gasteiger partial charge in [0.25, 0.3) is 5.91 Å². The number of hydrogen-bond acceptors (Lipinski definition) is 2. The minimum absolute atomic E-state index is 0.0451. The molecule has 0 unspecified atom stereocenters. The molecule has 5 heteroatoms. The molecule has 0 radical (unpaired) electrons. The Labute approximate surface area is 159 Å². The van der Waals surface area contributed by atoms with Crippen molar-refractivity contribution in [3.8, 4) is 0 Å². The van der Waals surface area contributed by atoms with Gasteiger partial charge in [0.1, 0.15) is 0 Å². The molecule has 1 aliphatic rings. The number of nitrogens with one attached hydrogen (secondary N) is 1. The molecule has 1 heterocycles. The Morgan fingerprint density at radius 1 is 1.04 bits per heavy atom. The number of nitrogens with zero attached hydrogens (tertiary/aromatic N) is 1. The van der Waals surface area contributed by atoms with Gasteiger partial charge in [0.05, 0.1) is 0 Å². The number of carbonyl (C=O) groups excluding carboxylic acids is 2. The van der Waals surface area contributed by atoms with Crippen molar-refractivity contribution < 1.29 is 9.59 Å². The van der Waals surface area contributed by atoms with Crippen LogP contribution in [0, 0.1) is 0 Å². The van der Waals surface area contributed by atoms with Crippen LogP contribution in [0.1, 0.15) is 35.2 Å². The summed E-state index contributed by atoms with van der Waals surface area (Å²) in [5.41, 5.74) is 1.75. The van der Waals surface area contributed by atoms with Gasteiger partial charge in [-0.25, -0.2) is 0 Å². The van der Waals surface area contributed by atoms with Crippen LogP contribution in [-0.4, -0.2) is 35.8 Å². The van der Waals surface area contributed by atoms with Gasteiger partial charge < -0.3 is 10.2 Å². The molecule has 3 rings (SSSR count). The number of amides is 2. The largest absolute Gasteiger partial charge is 0.349 e. The van der Waals surface area contributed by atoms with Crippen molar-refractivity contribution in [3.63, 3.8) is 0 Å². The lowest BCUT2D eigenvalue weighted by Crippen LogP contribution is -2.46. The standard InChI is InChI=1S/C21H23ClN2O2/c22-18-8-4-5-16(15-18)9-10-20(25)24-13-11-19(12-14-24)23-21(26)17-6-2-1-3-7-17/h1-8,15,19H,9-14H2,(H,23,26). The highest BCUT2D eigenvalue weighted by Crippen LogP contribution is 2.15. The average Bonchev–Trinajstić information content (AvgIpc) is 2.67.